The summed E-state index contributed by atoms with van der Waals surface area (Å²) in [5.74, 6) is -4.34. The van der Waals surface area contributed by atoms with E-state index in [-0.39, 0.29) is 11.6 Å². The summed E-state index contributed by atoms with van der Waals surface area (Å²) in [7, 11) is 0. The molecular formula is C15H17F2NO3. The Labute approximate surface area is 121 Å². The number of carbonyl (C=O) groups is 2. The number of aromatic carboxylic acids is 1. The summed E-state index contributed by atoms with van der Waals surface area (Å²) in [6.45, 7) is 1.84. The number of benzene rings is 1. The van der Waals surface area contributed by atoms with Gasteiger partial charge in [0.25, 0.3) is 5.91 Å². The number of carboxylic acids is 1. The number of hydrogen-bond acceptors (Lipinski definition) is 2. The molecule has 1 atom stereocenters. The van der Waals surface area contributed by atoms with E-state index in [1.54, 1.807) is 0 Å². The molecular weight excluding hydrogens is 280 g/mol. The second-order valence-electron chi connectivity index (χ2n) is 5.42. The average molecular weight is 297 g/mol. The minimum absolute atomic E-state index is 0.130. The highest BCUT2D eigenvalue weighted by Gasteiger charge is 2.26. The molecule has 1 saturated carbocycles. The number of amides is 1. The van der Waals surface area contributed by atoms with Crippen molar-refractivity contribution in [1.82, 2.24) is 5.32 Å². The third-order valence-corrected chi connectivity index (χ3v) is 4.00. The van der Waals surface area contributed by atoms with E-state index in [1.807, 2.05) is 6.92 Å². The molecule has 0 spiro atoms. The van der Waals surface area contributed by atoms with Gasteiger partial charge in [0.1, 0.15) is 0 Å². The third kappa shape index (κ3) is 3.37. The van der Waals surface area contributed by atoms with Gasteiger partial charge < -0.3 is 10.4 Å². The summed E-state index contributed by atoms with van der Waals surface area (Å²) >= 11 is 0. The first-order valence-corrected chi connectivity index (χ1v) is 6.93. The van der Waals surface area contributed by atoms with Crippen molar-refractivity contribution in [1.29, 1.82) is 0 Å². The first-order valence-electron chi connectivity index (χ1n) is 6.93. The van der Waals surface area contributed by atoms with Gasteiger partial charge in [0, 0.05) is 6.04 Å². The Hall–Kier alpha value is -1.98. The van der Waals surface area contributed by atoms with Gasteiger partial charge in [0.2, 0.25) is 0 Å². The van der Waals surface area contributed by atoms with Gasteiger partial charge in [0.05, 0.1) is 11.1 Å². The first-order chi connectivity index (χ1) is 9.90. The molecule has 0 radical (unpaired) electrons. The fourth-order valence-corrected chi connectivity index (χ4v) is 2.77. The Bertz CT molecular complexity index is 568. The molecule has 114 valence electrons. The van der Waals surface area contributed by atoms with Crippen molar-refractivity contribution in [3.05, 3.63) is 34.9 Å². The molecule has 2 N–H and O–H groups in total. The Morgan fingerprint density at radius 1 is 1.19 bits per heavy atom. The third-order valence-electron chi connectivity index (χ3n) is 4.00. The van der Waals surface area contributed by atoms with Crippen LogP contribution in [0.5, 0.6) is 0 Å². The van der Waals surface area contributed by atoms with Gasteiger partial charge in [-0.25, -0.2) is 13.6 Å². The Morgan fingerprint density at radius 2 is 1.71 bits per heavy atom. The summed E-state index contributed by atoms with van der Waals surface area (Å²) in [5, 5.41) is 11.7. The summed E-state index contributed by atoms with van der Waals surface area (Å²) in [6, 6.07) is 1.04. The van der Waals surface area contributed by atoms with Crippen molar-refractivity contribution < 1.29 is 23.5 Å². The van der Waals surface area contributed by atoms with E-state index in [4.69, 9.17) is 5.11 Å². The van der Waals surface area contributed by atoms with Gasteiger partial charge in [-0.2, -0.15) is 0 Å². The van der Waals surface area contributed by atoms with E-state index in [1.165, 1.54) is 0 Å². The molecule has 0 bridgehead atoms. The average Bonchev–Trinajstić information content (AvgIpc) is 2.95. The summed E-state index contributed by atoms with van der Waals surface area (Å²) < 4.78 is 26.4. The van der Waals surface area contributed by atoms with Gasteiger partial charge in [-0.3, -0.25) is 4.79 Å². The maximum absolute atomic E-state index is 13.3. The molecule has 1 amide bonds. The van der Waals surface area contributed by atoms with Crippen molar-refractivity contribution in [2.75, 3.05) is 0 Å². The number of rotatable bonds is 4. The van der Waals surface area contributed by atoms with E-state index in [2.05, 4.69) is 5.32 Å². The van der Waals surface area contributed by atoms with Crippen LogP contribution in [0.2, 0.25) is 0 Å². The van der Waals surface area contributed by atoms with Crippen molar-refractivity contribution >= 4 is 11.9 Å². The molecule has 0 aromatic heterocycles. The molecule has 6 heteroatoms. The molecule has 0 saturated heterocycles. The van der Waals surface area contributed by atoms with Gasteiger partial charge in [-0.05, 0) is 37.8 Å². The van der Waals surface area contributed by atoms with Crippen LogP contribution < -0.4 is 5.32 Å². The number of halogens is 2. The van der Waals surface area contributed by atoms with Crippen molar-refractivity contribution in [3.8, 4) is 0 Å². The lowest BCUT2D eigenvalue weighted by Gasteiger charge is -2.20. The fourth-order valence-electron chi connectivity index (χ4n) is 2.77. The van der Waals surface area contributed by atoms with Gasteiger partial charge in [-0.15, -0.1) is 0 Å². The minimum Gasteiger partial charge on any atom is -0.478 e. The van der Waals surface area contributed by atoms with Crippen LogP contribution in [0.1, 0.15) is 53.3 Å². The lowest BCUT2D eigenvalue weighted by Crippen LogP contribution is -2.38. The molecule has 1 aliphatic rings. The normalized spacial score (nSPS) is 16.7. The molecule has 21 heavy (non-hydrogen) atoms. The van der Waals surface area contributed by atoms with E-state index < -0.39 is 29.1 Å². The molecule has 1 aromatic carbocycles. The number of hydrogen-bond donors (Lipinski definition) is 2. The predicted octanol–water partition coefficient (Wildman–Crippen LogP) is 2.97. The second-order valence-corrected chi connectivity index (χ2v) is 5.42. The van der Waals surface area contributed by atoms with Crippen LogP contribution in [-0.4, -0.2) is 23.0 Å². The molecule has 2 rings (SSSR count). The number of carbonyl (C=O) groups excluding carboxylic acids is 1. The van der Waals surface area contributed by atoms with Gasteiger partial charge in [-0.1, -0.05) is 12.8 Å². The van der Waals surface area contributed by atoms with Crippen molar-refractivity contribution in [3.63, 3.8) is 0 Å². The van der Waals surface area contributed by atoms with E-state index in [0.717, 1.165) is 25.7 Å². The second kappa shape index (κ2) is 6.20. The maximum atomic E-state index is 13.3. The number of carboxylic acid groups (broad SMARTS) is 1. The standard InChI is InChI=1S/C15H17F2NO3/c1-8(9-4-2-3-5-9)18-14(19)10-6-12(16)13(17)7-11(10)15(20)21/h6-9H,2-5H2,1H3,(H,18,19)(H,20,21). The first kappa shape index (κ1) is 15.4. The van der Waals surface area contributed by atoms with Crippen LogP contribution >= 0.6 is 0 Å². The zero-order valence-electron chi connectivity index (χ0n) is 11.7. The molecule has 0 heterocycles. The largest absolute Gasteiger partial charge is 0.478 e. The van der Waals surface area contributed by atoms with Crippen LogP contribution in [0.3, 0.4) is 0 Å². The molecule has 0 aliphatic heterocycles. The van der Waals surface area contributed by atoms with E-state index in [9.17, 15) is 18.4 Å². The Balaban J connectivity index is 2.21. The smallest absolute Gasteiger partial charge is 0.336 e. The summed E-state index contributed by atoms with van der Waals surface area (Å²) in [4.78, 5) is 23.2. The zero-order chi connectivity index (χ0) is 15.6. The van der Waals surface area contributed by atoms with Gasteiger partial charge >= 0.3 is 5.97 Å². The minimum atomic E-state index is -1.47. The monoisotopic (exact) mass is 297 g/mol. The molecule has 1 aromatic rings. The van der Waals surface area contributed by atoms with Crippen LogP contribution in [0.4, 0.5) is 8.78 Å². The summed E-state index contributed by atoms with van der Waals surface area (Å²) in [6.07, 6.45) is 4.23. The molecule has 4 nitrogen and oxygen atoms in total. The van der Waals surface area contributed by atoms with E-state index in [0.29, 0.717) is 18.1 Å². The Kier molecular flexibility index (Phi) is 4.55. The highest BCUT2D eigenvalue weighted by molar-refractivity contribution is 6.04. The number of nitrogens with one attached hydrogen (secondary N) is 1. The van der Waals surface area contributed by atoms with Gasteiger partial charge in [0.15, 0.2) is 11.6 Å². The molecule has 1 unspecified atom stereocenters. The SMILES string of the molecule is CC(NC(=O)c1cc(F)c(F)cc1C(=O)O)C1CCCC1. The lowest BCUT2D eigenvalue weighted by atomic mass is 9.98. The maximum Gasteiger partial charge on any atom is 0.336 e. The van der Waals surface area contributed by atoms with E-state index >= 15 is 0 Å². The lowest BCUT2D eigenvalue weighted by molar-refractivity contribution is 0.0689. The molecule has 1 aliphatic carbocycles. The fraction of sp³-hybridized carbons (Fsp3) is 0.467. The predicted molar refractivity (Wildman–Crippen MR) is 72.2 cm³/mol. The van der Waals surface area contributed by atoms with Crippen LogP contribution in [-0.2, 0) is 0 Å². The van der Waals surface area contributed by atoms with Crippen molar-refractivity contribution in [2.24, 2.45) is 5.92 Å². The molecule has 1 fully saturated rings. The van der Waals surface area contributed by atoms with Crippen LogP contribution in [0, 0.1) is 17.6 Å². The van der Waals surface area contributed by atoms with Crippen molar-refractivity contribution in [2.45, 2.75) is 38.6 Å². The van der Waals surface area contributed by atoms with Crippen LogP contribution in [0.25, 0.3) is 0 Å². The highest BCUT2D eigenvalue weighted by Crippen LogP contribution is 2.27. The zero-order valence-corrected chi connectivity index (χ0v) is 11.7. The highest BCUT2D eigenvalue weighted by atomic mass is 19.2. The van der Waals surface area contributed by atoms with Crippen LogP contribution in [0.15, 0.2) is 12.1 Å². The Morgan fingerprint density at radius 3 is 2.24 bits per heavy atom. The quantitative estimate of drug-likeness (QED) is 0.898. The summed E-state index contributed by atoms with van der Waals surface area (Å²) in [5.41, 5.74) is -0.892. The topological polar surface area (TPSA) is 66.4 Å².